The molecule has 9 heteroatoms. The molecule has 1 unspecified atom stereocenters. The molecule has 1 aromatic heterocycles. The number of rotatable bonds is 15. The van der Waals surface area contributed by atoms with Crippen LogP contribution in [0.4, 0.5) is 8.78 Å². The molecule has 0 aliphatic heterocycles. The molecule has 2 atom stereocenters. The molecule has 0 saturated heterocycles. The number of amides is 2. The molecule has 256 valence electrons. The monoisotopic (exact) mass is 665 g/mol. The highest BCUT2D eigenvalue weighted by Crippen LogP contribution is 2.32. The van der Waals surface area contributed by atoms with Crippen LogP contribution in [0, 0.1) is 11.6 Å². The molecule has 0 bridgehead atoms. The second-order valence-electron chi connectivity index (χ2n) is 13.1. The number of hydrogen-bond donors (Lipinski definition) is 2. The molecule has 1 aliphatic rings. The van der Waals surface area contributed by atoms with Gasteiger partial charge in [0.25, 0.3) is 0 Å². The molecule has 1 aliphatic carbocycles. The quantitative estimate of drug-likeness (QED) is 0.149. The molecule has 1 heterocycles. The first-order valence-electron chi connectivity index (χ1n) is 16.7. The maximum atomic E-state index is 14.3. The molecule has 3 N–H and O–H groups in total. The summed E-state index contributed by atoms with van der Waals surface area (Å²) in [5.74, 6) is -2.44. The summed E-state index contributed by atoms with van der Waals surface area (Å²) in [6.45, 7) is 4.80. The first kappa shape index (κ1) is 35.4. The molecule has 1 saturated carbocycles. The van der Waals surface area contributed by atoms with Crippen molar-refractivity contribution in [1.29, 1.82) is 0 Å². The van der Waals surface area contributed by atoms with Crippen LogP contribution < -0.4 is 11.1 Å². The van der Waals surface area contributed by atoms with Gasteiger partial charge < -0.3 is 20.9 Å². The minimum absolute atomic E-state index is 0.0899. The zero-order valence-electron chi connectivity index (χ0n) is 28.2. The van der Waals surface area contributed by atoms with Crippen LogP contribution in [-0.2, 0) is 28.9 Å². The van der Waals surface area contributed by atoms with Crippen molar-refractivity contribution in [3.8, 4) is 0 Å². The Morgan fingerprint density at radius 1 is 0.898 bits per heavy atom. The van der Waals surface area contributed by atoms with E-state index in [1.54, 1.807) is 42.4 Å². The van der Waals surface area contributed by atoms with Crippen LogP contribution in [0.5, 0.6) is 0 Å². The lowest BCUT2D eigenvalue weighted by Crippen LogP contribution is -2.51. The minimum Gasteiger partial charge on any atom is -0.365 e. The second-order valence-corrected chi connectivity index (χ2v) is 13.1. The van der Waals surface area contributed by atoms with E-state index in [-0.39, 0.29) is 23.8 Å². The summed E-state index contributed by atoms with van der Waals surface area (Å²) in [6, 6.07) is 20.3. The second kappa shape index (κ2) is 16.0. The molecular formula is C40H45F2N5O2. The maximum absolute atomic E-state index is 14.3. The highest BCUT2D eigenvalue weighted by Gasteiger charge is 2.33. The van der Waals surface area contributed by atoms with Gasteiger partial charge in [-0.3, -0.25) is 14.6 Å². The number of halogens is 2. The average molecular weight is 666 g/mol. The normalized spacial score (nSPS) is 15.0. The van der Waals surface area contributed by atoms with E-state index in [9.17, 15) is 18.4 Å². The van der Waals surface area contributed by atoms with Crippen LogP contribution in [0.15, 0.2) is 110 Å². The van der Waals surface area contributed by atoms with Gasteiger partial charge in [0.1, 0.15) is 6.04 Å². The van der Waals surface area contributed by atoms with Crippen molar-refractivity contribution in [3.05, 3.63) is 138 Å². The van der Waals surface area contributed by atoms with Gasteiger partial charge in [0.05, 0.1) is 6.04 Å². The average Bonchev–Trinajstić information content (AvgIpc) is 3.09. The Labute approximate surface area is 287 Å². The number of carbonyl (C=O) groups is 2. The molecule has 7 nitrogen and oxygen atoms in total. The van der Waals surface area contributed by atoms with Crippen molar-refractivity contribution in [3.63, 3.8) is 0 Å². The van der Waals surface area contributed by atoms with Gasteiger partial charge in [-0.25, -0.2) is 8.78 Å². The third-order valence-electron chi connectivity index (χ3n) is 9.68. The van der Waals surface area contributed by atoms with Crippen LogP contribution in [0.25, 0.3) is 10.8 Å². The lowest BCUT2D eigenvalue weighted by atomic mass is 9.75. The zero-order chi connectivity index (χ0) is 35.0. The standard InChI is InChI=1S/C40H45F2N5O2/c1-28(46(2)37(27-31-12-14-34(41)35(42)25-31)39(49)45-23-17-29-15-21-44-22-16-29)36(26-30-11-13-32-8-4-5-9-33(32)24-30)47(3)38(48)10-6-18-40(43)19-7-20-40/h4-6,8-16,21-22,24-25,36-37H,1,7,17-20,23,26-27,43H2,2-3H3,(H,45,49)/b10-6+/t36-,37?/m1/s1. The van der Waals surface area contributed by atoms with Crippen molar-refractivity contribution < 1.29 is 18.4 Å². The molecule has 49 heavy (non-hydrogen) atoms. The van der Waals surface area contributed by atoms with Gasteiger partial charge in [0.15, 0.2) is 11.6 Å². The van der Waals surface area contributed by atoms with Crippen molar-refractivity contribution in [2.75, 3.05) is 20.6 Å². The van der Waals surface area contributed by atoms with Gasteiger partial charge in [0, 0.05) is 50.7 Å². The predicted molar refractivity (Wildman–Crippen MR) is 190 cm³/mol. The number of pyridine rings is 1. The third kappa shape index (κ3) is 9.18. The van der Waals surface area contributed by atoms with Crippen molar-refractivity contribution in [2.24, 2.45) is 5.73 Å². The van der Waals surface area contributed by atoms with Crippen LogP contribution in [0.3, 0.4) is 0 Å². The van der Waals surface area contributed by atoms with Gasteiger partial charge in [-0.15, -0.1) is 0 Å². The number of hydrogen-bond acceptors (Lipinski definition) is 5. The number of benzene rings is 3. The summed E-state index contributed by atoms with van der Waals surface area (Å²) in [5.41, 5.74) is 9.14. The Morgan fingerprint density at radius 2 is 1.57 bits per heavy atom. The Bertz CT molecular complexity index is 1810. The van der Waals surface area contributed by atoms with Gasteiger partial charge >= 0.3 is 0 Å². The number of nitrogens with one attached hydrogen (secondary N) is 1. The molecule has 5 rings (SSSR count). The number of fused-ring (bicyclic) bond motifs is 1. The Morgan fingerprint density at radius 3 is 2.27 bits per heavy atom. The molecule has 1 fully saturated rings. The fourth-order valence-corrected chi connectivity index (χ4v) is 6.30. The summed E-state index contributed by atoms with van der Waals surface area (Å²) >= 11 is 0. The fraction of sp³-hybridized carbons (Fsp3) is 0.325. The molecule has 3 aromatic carbocycles. The first-order chi connectivity index (χ1) is 23.5. The zero-order valence-corrected chi connectivity index (χ0v) is 28.2. The topological polar surface area (TPSA) is 91.6 Å². The van der Waals surface area contributed by atoms with Crippen LogP contribution in [-0.4, -0.2) is 64.9 Å². The summed E-state index contributed by atoms with van der Waals surface area (Å²) in [6.07, 6.45) is 11.5. The Balaban J connectivity index is 1.41. The smallest absolute Gasteiger partial charge is 0.246 e. The van der Waals surface area contributed by atoms with Crippen LogP contribution in [0.1, 0.15) is 42.4 Å². The molecule has 4 aromatic rings. The van der Waals surface area contributed by atoms with E-state index in [4.69, 9.17) is 5.73 Å². The number of nitrogens with zero attached hydrogens (tertiary/aromatic N) is 3. The predicted octanol–water partition coefficient (Wildman–Crippen LogP) is 6.13. The summed E-state index contributed by atoms with van der Waals surface area (Å²) in [4.78, 5) is 34.9. The summed E-state index contributed by atoms with van der Waals surface area (Å²) < 4.78 is 28.1. The van der Waals surface area contributed by atoms with Crippen molar-refractivity contribution >= 4 is 22.6 Å². The van der Waals surface area contributed by atoms with Gasteiger partial charge in [-0.1, -0.05) is 61.2 Å². The van der Waals surface area contributed by atoms with Crippen molar-refractivity contribution in [2.45, 2.75) is 62.6 Å². The van der Waals surface area contributed by atoms with Gasteiger partial charge in [-0.05, 0) is 96.3 Å². The SMILES string of the molecule is C=C([C@@H](Cc1ccc2ccccc2c1)N(C)C(=O)/C=C/CC1(N)CCC1)N(C)C(Cc1ccc(F)c(F)c1)C(=O)NCCc1ccncc1. The summed E-state index contributed by atoms with van der Waals surface area (Å²) in [5, 5.41) is 5.19. The van der Waals surface area contributed by atoms with E-state index >= 15 is 0 Å². The number of nitrogens with two attached hydrogens (primary N) is 1. The summed E-state index contributed by atoms with van der Waals surface area (Å²) in [7, 11) is 3.49. The molecule has 2 amide bonds. The van der Waals surface area contributed by atoms with Crippen molar-refractivity contribution in [1.82, 2.24) is 20.1 Å². The van der Waals surface area contributed by atoms with Gasteiger partial charge in [0.2, 0.25) is 11.8 Å². The van der Waals surface area contributed by atoms with E-state index in [1.165, 1.54) is 6.07 Å². The van der Waals surface area contributed by atoms with Crippen LogP contribution >= 0.6 is 0 Å². The number of aromatic nitrogens is 1. The maximum Gasteiger partial charge on any atom is 0.246 e. The lowest BCUT2D eigenvalue weighted by Gasteiger charge is -2.38. The first-order valence-corrected chi connectivity index (χ1v) is 16.7. The van der Waals surface area contributed by atoms with Crippen LogP contribution in [0.2, 0.25) is 0 Å². The van der Waals surface area contributed by atoms with E-state index in [1.807, 2.05) is 48.5 Å². The number of likely N-dealkylation sites (N-methyl/N-ethyl adjacent to an activating group) is 2. The van der Waals surface area contributed by atoms with E-state index in [0.29, 0.717) is 37.1 Å². The largest absolute Gasteiger partial charge is 0.365 e. The minimum atomic E-state index is -0.983. The van der Waals surface area contributed by atoms with Gasteiger partial charge in [-0.2, -0.15) is 0 Å². The highest BCUT2D eigenvalue weighted by atomic mass is 19.2. The fourth-order valence-electron chi connectivity index (χ4n) is 6.30. The molecule has 0 radical (unpaired) electrons. The third-order valence-corrected chi connectivity index (χ3v) is 9.68. The number of carbonyl (C=O) groups excluding carboxylic acids is 2. The Kier molecular flexibility index (Phi) is 11.6. The Hall–Kier alpha value is -4.89. The lowest BCUT2D eigenvalue weighted by molar-refractivity contribution is -0.126. The van der Waals surface area contributed by atoms with E-state index < -0.39 is 23.7 Å². The highest BCUT2D eigenvalue weighted by molar-refractivity contribution is 5.88. The van der Waals surface area contributed by atoms with E-state index in [0.717, 1.165) is 53.3 Å². The molecular weight excluding hydrogens is 620 g/mol. The molecule has 0 spiro atoms. The van der Waals surface area contributed by atoms with E-state index in [2.05, 4.69) is 29.0 Å².